The van der Waals surface area contributed by atoms with Gasteiger partial charge < -0.3 is 14.6 Å². The molecule has 2 amide bonds. The molecule has 8 nitrogen and oxygen atoms in total. The zero-order valence-corrected chi connectivity index (χ0v) is 14.7. The molecule has 9 heteroatoms. The molecule has 0 unspecified atom stereocenters. The summed E-state index contributed by atoms with van der Waals surface area (Å²) in [6, 6.07) is 1.72. The highest BCUT2D eigenvalue weighted by Crippen LogP contribution is 2.30. The minimum absolute atomic E-state index is 0.121. The number of ether oxygens (including phenoxy) is 1. The Labute approximate surface area is 150 Å². The number of anilines is 1. The van der Waals surface area contributed by atoms with Crippen molar-refractivity contribution in [2.75, 3.05) is 18.5 Å². The average molecular weight is 363 g/mol. The van der Waals surface area contributed by atoms with Crippen LogP contribution in [0.1, 0.15) is 50.4 Å². The predicted octanol–water partition coefficient (Wildman–Crippen LogP) is 3.02. The normalized spacial score (nSPS) is 16.5. The fourth-order valence-electron chi connectivity index (χ4n) is 2.78. The van der Waals surface area contributed by atoms with Gasteiger partial charge in [0.25, 0.3) is 0 Å². The summed E-state index contributed by atoms with van der Waals surface area (Å²) in [5.41, 5.74) is 0. The Hall–Kier alpha value is -2.55. The first-order valence-electron chi connectivity index (χ1n) is 8.63. The smallest absolute Gasteiger partial charge is 0.321 e. The van der Waals surface area contributed by atoms with Gasteiger partial charge in [-0.2, -0.15) is 4.98 Å². The minimum atomic E-state index is -0.469. The van der Waals surface area contributed by atoms with Crippen LogP contribution >= 0.6 is 0 Å². The van der Waals surface area contributed by atoms with E-state index < -0.39 is 17.9 Å². The van der Waals surface area contributed by atoms with Gasteiger partial charge in [0.1, 0.15) is 17.7 Å². The van der Waals surface area contributed by atoms with E-state index in [2.05, 4.69) is 25.8 Å². The van der Waals surface area contributed by atoms with Crippen LogP contribution in [0.25, 0.3) is 0 Å². The number of pyridine rings is 1. The van der Waals surface area contributed by atoms with Gasteiger partial charge in [0.15, 0.2) is 5.82 Å². The molecular formula is C17H22FN5O3. The molecule has 2 aromatic rings. The van der Waals surface area contributed by atoms with Crippen LogP contribution in [-0.4, -0.2) is 34.4 Å². The third-order valence-corrected chi connectivity index (χ3v) is 4.23. The predicted molar refractivity (Wildman–Crippen MR) is 91.0 cm³/mol. The fourth-order valence-corrected chi connectivity index (χ4v) is 2.78. The van der Waals surface area contributed by atoms with E-state index in [0.29, 0.717) is 24.9 Å². The van der Waals surface area contributed by atoms with Crippen LogP contribution in [0.15, 0.2) is 22.9 Å². The van der Waals surface area contributed by atoms with Crippen LogP contribution in [0.2, 0.25) is 0 Å². The van der Waals surface area contributed by atoms with Crippen molar-refractivity contribution in [1.29, 1.82) is 0 Å². The molecule has 3 rings (SSSR count). The lowest BCUT2D eigenvalue weighted by Gasteiger charge is -2.28. The van der Waals surface area contributed by atoms with E-state index in [1.807, 2.05) is 13.8 Å². The maximum absolute atomic E-state index is 12.9. The van der Waals surface area contributed by atoms with Crippen molar-refractivity contribution >= 4 is 11.8 Å². The molecule has 0 aliphatic carbocycles. The Balaban J connectivity index is 1.73. The number of aromatic nitrogens is 3. The van der Waals surface area contributed by atoms with Gasteiger partial charge in [-0.3, -0.25) is 5.32 Å². The standard InChI is InChI=1S/C17H22FN5O3/c1-10(2)15-22-16(26-23-15)14(11-5-7-25-8-6-11)21-17(24)20-13-4-3-12(18)9-19-13/h3-4,9-11,14H,5-8H2,1-2H3,(H2,19,20,21,24)/t14-/m1/s1. The third-order valence-electron chi connectivity index (χ3n) is 4.23. The topological polar surface area (TPSA) is 102 Å². The Kier molecular flexibility index (Phi) is 5.77. The second-order valence-corrected chi connectivity index (χ2v) is 6.53. The monoisotopic (exact) mass is 363 g/mol. The Morgan fingerprint density at radius 1 is 1.31 bits per heavy atom. The van der Waals surface area contributed by atoms with E-state index in [9.17, 15) is 9.18 Å². The number of hydrogen-bond acceptors (Lipinski definition) is 6. The molecular weight excluding hydrogens is 341 g/mol. The maximum atomic E-state index is 12.9. The number of hydrogen-bond donors (Lipinski definition) is 2. The summed E-state index contributed by atoms with van der Waals surface area (Å²) in [4.78, 5) is 20.6. The molecule has 1 fully saturated rings. The van der Waals surface area contributed by atoms with Crippen LogP contribution in [0.4, 0.5) is 15.0 Å². The molecule has 1 aliphatic heterocycles. The number of halogens is 1. The first kappa shape index (κ1) is 18.2. The molecule has 1 aliphatic rings. The van der Waals surface area contributed by atoms with Gasteiger partial charge >= 0.3 is 6.03 Å². The van der Waals surface area contributed by atoms with Crippen molar-refractivity contribution in [3.05, 3.63) is 35.9 Å². The molecule has 0 bridgehead atoms. The molecule has 0 radical (unpaired) electrons. The zero-order chi connectivity index (χ0) is 18.5. The first-order valence-corrected chi connectivity index (χ1v) is 8.63. The second-order valence-electron chi connectivity index (χ2n) is 6.53. The van der Waals surface area contributed by atoms with E-state index in [1.165, 1.54) is 12.1 Å². The van der Waals surface area contributed by atoms with Gasteiger partial charge in [-0.15, -0.1) is 0 Å². The molecule has 1 atom stereocenters. The largest absolute Gasteiger partial charge is 0.381 e. The van der Waals surface area contributed by atoms with E-state index in [4.69, 9.17) is 9.26 Å². The number of nitrogens with zero attached hydrogens (tertiary/aromatic N) is 3. The van der Waals surface area contributed by atoms with Gasteiger partial charge in [-0.05, 0) is 30.9 Å². The quantitative estimate of drug-likeness (QED) is 0.847. The Morgan fingerprint density at radius 2 is 2.08 bits per heavy atom. The molecule has 1 saturated heterocycles. The van der Waals surface area contributed by atoms with Crippen LogP contribution in [-0.2, 0) is 4.74 Å². The zero-order valence-electron chi connectivity index (χ0n) is 14.7. The highest BCUT2D eigenvalue weighted by Gasteiger charge is 2.31. The molecule has 0 spiro atoms. The highest BCUT2D eigenvalue weighted by molar-refractivity contribution is 5.88. The lowest BCUT2D eigenvalue weighted by molar-refractivity contribution is 0.0506. The average Bonchev–Trinajstić information content (AvgIpc) is 3.12. The SMILES string of the molecule is CC(C)c1noc([C@H](NC(=O)Nc2ccc(F)cn2)C2CCOCC2)n1. The van der Waals surface area contributed by atoms with Crippen LogP contribution in [0.3, 0.4) is 0 Å². The molecule has 0 aromatic carbocycles. The first-order chi connectivity index (χ1) is 12.5. The van der Waals surface area contributed by atoms with Crippen molar-refractivity contribution < 1.29 is 18.4 Å². The van der Waals surface area contributed by atoms with E-state index in [-0.39, 0.29) is 17.7 Å². The van der Waals surface area contributed by atoms with Gasteiger partial charge in [-0.25, -0.2) is 14.2 Å². The van der Waals surface area contributed by atoms with Crippen molar-refractivity contribution in [3.8, 4) is 0 Å². The van der Waals surface area contributed by atoms with Crippen molar-refractivity contribution in [2.45, 2.75) is 38.6 Å². The maximum Gasteiger partial charge on any atom is 0.321 e. The van der Waals surface area contributed by atoms with Gasteiger partial charge in [-0.1, -0.05) is 19.0 Å². The van der Waals surface area contributed by atoms with E-state index in [0.717, 1.165) is 19.0 Å². The Morgan fingerprint density at radius 3 is 2.69 bits per heavy atom. The fraction of sp³-hybridized carbons (Fsp3) is 0.529. The number of carbonyl (C=O) groups excluding carboxylic acids is 1. The minimum Gasteiger partial charge on any atom is -0.381 e. The molecule has 2 aromatic heterocycles. The molecule has 3 heterocycles. The molecule has 26 heavy (non-hydrogen) atoms. The lowest BCUT2D eigenvalue weighted by atomic mass is 9.91. The summed E-state index contributed by atoms with van der Waals surface area (Å²) in [5, 5.41) is 9.46. The molecule has 0 saturated carbocycles. The molecule has 140 valence electrons. The van der Waals surface area contributed by atoms with Crippen LogP contribution < -0.4 is 10.6 Å². The number of nitrogens with one attached hydrogen (secondary N) is 2. The summed E-state index contributed by atoms with van der Waals surface area (Å²) >= 11 is 0. The lowest BCUT2D eigenvalue weighted by Crippen LogP contribution is -2.38. The number of amides is 2. The van der Waals surface area contributed by atoms with Crippen molar-refractivity contribution in [1.82, 2.24) is 20.4 Å². The van der Waals surface area contributed by atoms with Crippen LogP contribution in [0, 0.1) is 11.7 Å². The van der Waals surface area contributed by atoms with Crippen molar-refractivity contribution in [3.63, 3.8) is 0 Å². The number of rotatable bonds is 5. The second kappa shape index (κ2) is 8.22. The summed E-state index contributed by atoms with van der Waals surface area (Å²) in [5.74, 6) is 1.00. The van der Waals surface area contributed by atoms with Crippen molar-refractivity contribution in [2.24, 2.45) is 5.92 Å². The van der Waals surface area contributed by atoms with E-state index >= 15 is 0 Å². The van der Waals surface area contributed by atoms with Crippen LogP contribution in [0.5, 0.6) is 0 Å². The Bertz CT molecular complexity index is 728. The van der Waals surface area contributed by atoms with E-state index in [1.54, 1.807) is 0 Å². The summed E-state index contributed by atoms with van der Waals surface area (Å²) < 4.78 is 23.7. The highest BCUT2D eigenvalue weighted by atomic mass is 19.1. The third kappa shape index (κ3) is 4.54. The van der Waals surface area contributed by atoms with Gasteiger partial charge in [0.05, 0.1) is 6.20 Å². The van der Waals surface area contributed by atoms with Gasteiger partial charge in [0, 0.05) is 19.1 Å². The molecule has 2 N–H and O–H groups in total. The summed E-state index contributed by atoms with van der Waals surface area (Å²) in [6.45, 7) is 5.18. The summed E-state index contributed by atoms with van der Waals surface area (Å²) in [7, 11) is 0. The van der Waals surface area contributed by atoms with Gasteiger partial charge in [0.2, 0.25) is 5.89 Å². The number of carbonyl (C=O) groups is 1. The number of urea groups is 1. The summed E-state index contributed by atoms with van der Waals surface area (Å²) in [6.07, 6.45) is 2.59.